The van der Waals surface area contributed by atoms with Crippen molar-refractivity contribution in [2.45, 2.75) is 45.8 Å². The van der Waals surface area contributed by atoms with E-state index in [0.717, 1.165) is 18.9 Å². The first-order valence-corrected chi connectivity index (χ1v) is 6.32. The Morgan fingerprint density at radius 2 is 1.67 bits per heavy atom. The monoisotopic (exact) mass is 259 g/mol. The Kier molecular flexibility index (Phi) is 5.05. The number of benzene rings is 1. The molecule has 1 unspecified atom stereocenters. The highest BCUT2D eigenvalue weighted by Crippen LogP contribution is 2.35. The SMILES string of the molecule is CCC(CC)C(C)Nc1ccccc1C(F)(F)F. The largest absolute Gasteiger partial charge is 0.418 e. The number of anilines is 1. The van der Waals surface area contributed by atoms with Gasteiger partial charge in [0, 0.05) is 11.7 Å². The molecule has 0 radical (unpaired) electrons. The van der Waals surface area contributed by atoms with Gasteiger partial charge in [0.05, 0.1) is 5.56 Å². The molecule has 4 heteroatoms. The van der Waals surface area contributed by atoms with Crippen LogP contribution in [-0.4, -0.2) is 6.04 Å². The third-order valence-corrected chi connectivity index (χ3v) is 3.37. The molecule has 1 aromatic rings. The lowest BCUT2D eigenvalue weighted by atomic mass is 9.95. The summed E-state index contributed by atoms with van der Waals surface area (Å²) in [5.74, 6) is 0.381. The van der Waals surface area contributed by atoms with Crippen LogP contribution in [0.25, 0.3) is 0 Å². The minimum atomic E-state index is -4.31. The molecule has 0 aliphatic heterocycles. The minimum absolute atomic E-state index is 0.0310. The minimum Gasteiger partial charge on any atom is -0.382 e. The highest BCUT2D eigenvalue weighted by Gasteiger charge is 2.33. The quantitative estimate of drug-likeness (QED) is 0.789. The molecule has 0 bridgehead atoms. The van der Waals surface area contributed by atoms with E-state index in [-0.39, 0.29) is 11.7 Å². The van der Waals surface area contributed by atoms with Crippen molar-refractivity contribution in [3.05, 3.63) is 29.8 Å². The molecule has 0 aliphatic carbocycles. The van der Waals surface area contributed by atoms with Crippen molar-refractivity contribution in [3.8, 4) is 0 Å². The molecular formula is C14H20F3N. The number of nitrogens with one attached hydrogen (secondary N) is 1. The molecule has 102 valence electrons. The summed E-state index contributed by atoms with van der Waals surface area (Å²) in [4.78, 5) is 0. The van der Waals surface area contributed by atoms with Crippen molar-refractivity contribution in [1.29, 1.82) is 0 Å². The van der Waals surface area contributed by atoms with Gasteiger partial charge in [-0.05, 0) is 25.0 Å². The van der Waals surface area contributed by atoms with E-state index in [4.69, 9.17) is 0 Å². The van der Waals surface area contributed by atoms with Gasteiger partial charge in [-0.2, -0.15) is 13.2 Å². The first-order valence-electron chi connectivity index (χ1n) is 6.32. The van der Waals surface area contributed by atoms with Crippen molar-refractivity contribution >= 4 is 5.69 Å². The second-order valence-corrected chi connectivity index (χ2v) is 4.55. The maximum atomic E-state index is 12.8. The van der Waals surface area contributed by atoms with Crippen molar-refractivity contribution in [2.24, 2.45) is 5.92 Å². The Bertz CT molecular complexity index is 370. The smallest absolute Gasteiger partial charge is 0.382 e. The zero-order valence-corrected chi connectivity index (χ0v) is 11.0. The molecule has 0 aliphatic rings. The van der Waals surface area contributed by atoms with E-state index < -0.39 is 11.7 Å². The molecule has 0 saturated carbocycles. The number of halogens is 3. The van der Waals surface area contributed by atoms with Gasteiger partial charge in [-0.1, -0.05) is 38.8 Å². The van der Waals surface area contributed by atoms with Gasteiger partial charge >= 0.3 is 6.18 Å². The van der Waals surface area contributed by atoms with Crippen molar-refractivity contribution in [1.82, 2.24) is 0 Å². The zero-order chi connectivity index (χ0) is 13.8. The zero-order valence-electron chi connectivity index (χ0n) is 11.0. The molecular weight excluding hydrogens is 239 g/mol. The average Bonchev–Trinajstić information content (AvgIpc) is 2.30. The first kappa shape index (κ1) is 14.9. The van der Waals surface area contributed by atoms with Gasteiger partial charge in [-0.15, -0.1) is 0 Å². The van der Waals surface area contributed by atoms with Crippen LogP contribution in [0.1, 0.15) is 39.2 Å². The molecule has 1 N–H and O–H groups in total. The summed E-state index contributed by atoms with van der Waals surface area (Å²) in [5.41, 5.74) is -0.424. The third kappa shape index (κ3) is 3.65. The molecule has 0 spiro atoms. The summed E-state index contributed by atoms with van der Waals surface area (Å²) in [6.45, 7) is 6.05. The van der Waals surface area contributed by atoms with Crippen molar-refractivity contribution in [3.63, 3.8) is 0 Å². The summed E-state index contributed by atoms with van der Waals surface area (Å²) in [7, 11) is 0. The van der Waals surface area contributed by atoms with Gasteiger partial charge in [0.25, 0.3) is 0 Å². The van der Waals surface area contributed by atoms with Gasteiger partial charge in [-0.25, -0.2) is 0 Å². The van der Waals surface area contributed by atoms with E-state index in [1.807, 2.05) is 6.92 Å². The fourth-order valence-corrected chi connectivity index (χ4v) is 2.22. The molecule has 0 amide bonds. The second kappa shape index (κ2) is 6.12. The van der Waals surface area contributed by atoms with Gasteiger partial charge in [0.1, 0.15) is 0 Å². The normalized spacial score (nSPS) is 13.7. The van der Waals surface area contributed by atoms with Crippen molar-refractivity contribution < 1.29 is 13.2 Å². The molecule has 1 aromatic carbocycles. The number of rotatable bonds is 5. The van der Waals surface area contributed by atoms with E-state index in [1.54, 1.807) is 6.07 Å². The van der Waals surface area contributed by atoms with E-state index >= 15 is 0 Å². The molecule has 1 nitrogen and oxygen atoms in total. The maximum Gasteiger partial charge on any atom is 0.418 e. The maximum absolute atomic E-state index is 12.8. The van der Waals surface area contributed by atoms with Crippen LogP contribution in [0.5, 0.6) is 0 Å². The van der Waals surface area contributed by atoms with Crippen LogP contribution in [0.4, 0.5) is 18.9 Å². The Morgan fingerprint density at radius 1 is 1.11 bits per heavy atom. The molecule has 0 fully saturated rings. The van der Waals surface area contributed by atoms with Crippen molar-refractivity contribution in [2.75, 3.05) is 5.32 Å². The van der Waals surface area contributed by atoms with Gasteiger partial charge < -0.3 is 5.32 Å². The predicted octanol–water partition coefficient (Wildman–Crippen LogP) is 4.94. The van der Waals surface area contributed by atoms with Crippen LogP contribution in [0.3, 0.4) is 0 Å². The molecule has 0 aromatic heterocycles. The number of alkyl halides is 3. The topological polar surface area (TPSA) is 12.0 Å². The standard InChI is InChI=1S/C14H20F3N/c1-4-11(5-2)10(3)18-13-9-7-6-8-12(13)14(15,16)17/h6-11,18H,4-5H2,1-3H3. The Labute approximate surface area is 106 Å². The molecule has 1 atom stereocenters. The molecule has 0 saturated heterocycles. The van der Waals surface area contributed by atoms with Crippen LogP contribution in [0.2, 0.25) is 0 Å². The Balaban J connectivity index is 2.91. The van der Waals surface area contributed by atoms with E-state index in [1.165, 1.54) is 12.1 Å². The van der Waals surface area contributed by atoms with E-state index in [9.17, 15) is 13.2 Å². The predicted molar refractivity (Wildman–Crippen MR) is 68.6 cm³/mol. The van der Waals surface area contributed by atoms with Crippen LogP contribution < -0.4 is 5.32 Å². The lowest BCUT2D eigenvalue weighted by molar-refractivity contribution is -0.137. The van der Waals surface area contributed by atoms with Gasteiger partial charge in [0.2, 0.25) is 0 Å². The van der Waals surface area contributed by atoms with Gasteiger partial charge in [0.15, 0.2) is 0 Å². The fourth-order valence-electron chi connectivity index (χ4n) is 2.22. The highest BCUT2D eigenvalue weighted by atomic mass is 19.4. The summed E-state index contributed by atoms with van der Waals surface area (Å²) in [6, 6.07) is 5.67. The van der Waals surface area contributed by atoms with E-state index in [0.29, 0.717) is 5.92 Å². The summed E-state index contributed by atoms with van der Waals surface area (Å²) in [6.07, 6.45) is -2.39. The van der Waals surface area contributed by atoms with Crippen LogP contribution in [0, 0.1) is 5.92 Å². The Morgan fingerprint density at radius 3 is 2.17 bits per heavy atom. The van der Waals surface area contributed by atoms with Crippen LogP contribution in [0.15, 0.2) is 24.3 Å². The summed E-state index contributed by atoms with van der Waals surface area (Å²) >= 11 is 0. The van der Waals surface area contributed by atoms with Crippen LogP contribution >= 0.6 is 0 Å². The average molecular weight is 259 g/mol. The lowest BCUT2D eigenvalue weighted by Gasteiger charge is -2.25. The first-order chi connectivity index (χ1) is 8.40. The number of para-hydroxylation sites is 1. The Hall–Kier alpha value is -1.19. The third-order valence-electron chi connectivity index (χ3n) is 3.37. The van der Waals surface area contributed by atoms with Crippen LogP contribution in [-0.2, 0) is 6.18 Å². The summed E-state index contributed by atoms with van der Waals surface area (Å²) in [5, 5.41) is 3.00. The molecule has 0 heterocycles. The second-order valence-electron chi connectivity index (χ2n) is 4.55. The molecule has 18 heavy (non-hydrogen) atoms. The molecule has 1 rings (SSSR count). The lowest BCUT2D eigenvalue weighted by Crippen LogP contribution is -2.26. The van der Waals surface area contributed by atoms with E-state index in [2.05, 4.69) is 19.2 Å². The number of hydrogen-bond donors (Lipinski definition) is 1. The fraction of sp³-hybridized carbons (Fsp3) is 0.571. The number of hydrogen-bond acceptors (Lipinski definition) is 1. The highest BCUT2D eigenvalue weighted by molar-refractivity contribution is 5.53. The summed E-state index contributed by atoms with van der Waals surface area (Å²) < 4.78 is 38.5. The van der Waals surface area contributed by atoms with Gasteiger partial charge in [-0.3, -0.25) is 0 Å².